The summed E-state index contributed by atoms with van der Waals surface area (Å²) in [5.41, 5.74) is -0.154. The van der Waals surface area contributed by atoms with Crippen LogP contribution in [0.3, 0.4) is 0 Å². The largest absolute Gasteiger partial charge is 0.394 e. The Morgan fingerprint density at radius 2 is 2.08 bits per heavy atom. The van der Waals surface area contributed by atoms with Gasteiger partial charge in [0.1, 0.15) is 0 Å². The summed E-state index contributed by atoms with van der Waals surface area (Å²) in [4.78, 5) is 0. The lowest BCUT2D eigenvalue weighted by Crippen LogP contribution is -2.59. The Hall–Kier alpha value is -0.120. The molecule has 0 amide bonds. The fraction of sp³-hybridized carbons (Fsp3) is 1.00. The molecule has 2 rings (SSSR count). The van der Waals surface area contributed by atoms with Gasteiger partial charge < -0.3 is 15.2 Å². The second kappa shape index (κ2) is 2.94. The quantitative estimate of drug-likeness (QED) is 0.674. The molecule has 1 heterocycles. The molecule has 3 nitrogen and oxygen atoms in total. The van der Waals surface area contributed by atoms with Gasteiger partial charge in [-0.15, -0.1) is 0 Å². The standard InChI is InChI=1S/C10H19NO2/c1-9(2)6-13-7-10(9,5-12)11-8-3-4-8/h8,11-12H,3-7H2,1-2H3. The first-order chi connectivity index (χ1) is 6.10. The molecule has 1 aliphatic carbocycles. The molecule has 13 heavy (non-hydrogen) atoms. The zero-order valence-corrected chi connectivity index (χ0v) is 8.47. The van der Waals surface area contributed by atoms with E-state index in [0.717, 1.165) is 6.61 Å². The third-order valence-electron chi connectivity index (χ3n) is 3.43. The van der Waals surface area contributed by atoms with Gasteiger partial charge >= 0.3 is 0 Å². The van der Waals surface area contributed by atoms with E-state index in [1.165, 1.54) is 12.8 Å². The van der Waals surface area contributed by atoms with Gasteiger partial charge in [0.25, 0.3) is 0 Å². The van der Waals surface area contributed by atoms with Crippen molar-refractivity contribution in [2.24, 2.45) is 5.41 Å². The summed E-state index contributed by atoms with van der Waals surface area (Å²) in [5, 5.41) is 13.0. The van der Waals surface area contributed by atoms with Crippen LogP contribution in [0.15, 0.2) is 0 Å². The van der Waals surface area contributed by atoms with E-state index in [2.05, 4.69) is 19.2 Å². The van der Waals surface area contributed by atoms with Crippen LogP contribution in [0, 0.1) is 5.41 Å². The molecule has 0 aromatic heterocycles. The van der Waals surface area contributed by atoms with Gasteiger partial charge in [0.2, 0.25) is 0 Å². The summed E-state index contributed by atoms with van der Waals surface area (Å²) in [5.74, 6) is 0. The van der Waals surface area contributed by atoms with Crippen molar-refractivity contribution in [2.45, 2.75) is 38.3 Å². The molecule has 1 unspecified atom stereocenters. The first kappa shape index (κ1) is 9.44. The smallest absolute Gasteiger partial charge is 0.0726 e. The van der Waals surface area contributed by atoms with Crippen LogP contribution in [0.2, 0.25) is 0 Å². The van der Waals surface area contributed by atoms with Crippen molar-refractivity contribution in [3.8, 4) is 0 Å². The highest BCUT2D eigenvalue weighted by Crippen LogP contribution is 2.39. The second-order valence-corrected chi connectivity index (χ2v) is 5.04. The van der Waals surface area contributed by atoms with Crippen LogP contribution in [0.1, 0.15) is 26.7 Å². The van der Waals surface area contributed by atoms with Gasteiger partial charge in [-0.05, 0) is 12.8 Å². The molecule has 1 aliphatic heterocycles. The van der Waals surface area contributed by atoms with E-state index in [-0.39, 0.29) is 17.6 Å². The van der Waals surface area contributed by atoms with Gasteiger partial charge in [-0.2, -0.15) is 0 Å². The number of rotatable bonds is 3. The predicted molar refractivity (Wildman–Crippen MR) is 50.6 cm³/mol. The average molecular weight is 185 g/mol. The molecular weight excluding hydrogens is 166 g/mol. The van der Waals surface area contributed by atoms with Gasteiger partial charge in [0, 0.05) is 11.5 Å². The monoisotopic (exact) mass is 185 g/mol. The van der Waals surface area contributed by atoms with E-state index in [1.54, 1.807) is 0 Å². The maximum Gasteiger partial charge on any atom is 0.0726 e. The summed E-state index contributed by atoms with van der Waals surface area (Å²) in [7, 11) is 0. The average Bonchev–Trinajstić information content (AvgIpc) is 2.80. The Labute approximate surface area is 79.5 Å². The van der Waals surface area contributed by atoms with Crippen LogP contribution in [0.5, 0.6) is 0 Å². The zero-order valence-electron chi connectivity index (χ0n) is 8.47. The Kier molecular flexibility index (Phi) is 2.13. The lowest BCUT2D eigenvalue weighted by atomic mass is 9.75. The first-order valence-electron chi connectivity index (χ1n) is 5.06. The molecule has 2 aliphatic rings. The number of hydrogen-bond donors (Lipinski definition) is 2. The molecule has 2 fully saturated rings. The van der Waals surface area contributed by atoms with E-state index < -0.39 is 0 Å². The minimum absolute atomic E-state index is 0.0460. The predicted octanol–water partition coefficient (Wildman–Crippen LogP) is 0.526. The van der Waals surface area contributed by atoms with E-state index in [0.29, 0.717) is 12.6 Å². The summed E-state index contributed by atoms with van der Waals surface area (Å²) in [6, 6.07) is 0.619. The van der Waals surface area contributed by atoms with Crippen LogP contribution in [0.25, 0.3) is 0 Å². The number of nitrogens with one attached hydrogen (secondary N) is 1. The molecular formula is C10H19NO2. The highest BCUT2D eigenvalue weighted by atomic mass is 16.5. The maximum absolute atomic E-state index is 9.49. The number of aliphatic hydroxyl groups excluding tert-OH is 1. The van der Waals surface area contributed by atoms with Crippen molar-refractivity contribution < 1.29 is 9.84 Å². The van der Waals surface area contributed by atoms with Gasteiger partial charge in [-0.25, -0.2) is 0 Å². The highest BCUT2D eigenvalue weighted by molar-refractivity contribution is 5.07. The molecule has 0 aromatic carbocycles. The zero-order chi connectivity index (χ0) is 9.53. The molecule has 2 N–H and O–H groups in total. The third kappa shape index (κ3) is 1.49. The van der Waals surface area contributed by atoms with Crippen molar-refractivity contribution in [1.82, 2.24) is 5.32 Å². The van der Waals surface area contributed by atoms with E-state index >= 15 is 0 Å². The fourth-order valence-electron chi connectivity index (χ4n) is 1.97. The van der Waals surface area contributed by atoms with Crippen molar-refractivity contribution in [1.29, 1.82) is 0 Å². The van der Waals surface area contributed by atoms with Crippen LogP contribution in [-0.4, -0.2) is 36.5 Å². The van der Waals surface area contributed by atoms with E-state index in [9.17, 15) is 5.11 Å². The van der Waals surface area contributed by atoms with Crippen molar-refractivity contribution in [3.63, 3.8) is 0 Å². The third-order valence-corrected chi connectivity index (χ3v) is 3.43. The Balaban J connectivity index is 2.11. The SMILES string of the molecule is CC1(C)COCC1(CO)NC1CC1. The Morgan fingerprint density at radius 3 is 2.46 bits per heavy atom. The van der Waals surface area contributed by atoms with Crippen LogP contribution >= 0.6 is 0 Å². The molecule has 0 bridgehead atoms. The Morgan fingerprint density at radius 1 is 1.38 bits per heavy atom. The minimum Gasteiger partial charge on any atom is -0.394 e. The Bertz CT molecular complexity index is 201. The van der Waals surface area contributed by atoms with Gasteiger partial charge in [0.05, 0.1) is 25.4 Å². The molecule has 1 saturated carbocycles. The van der Waals surface area contributed by atoms with Crippen molar-refractivity contribution in [3.05, 3.63) is 0 Å². The number of ether oxygens (including phenoxy) is 1. The van der Waals surface area contributed by atoms with Crippen LogP contribution < -0.4 is 5.32 Å². The molecule has 3 heteroatoms. The normalized spacial score (nSPS) is 38.1. The molecule has 0 spiro atoms. The summed E-state index contributed by atoms with van der Waals surface area (Å²) in [6.07, 6.45) is 2.50. The molecule has 76 valence electrons. The maximum atomic E-state index is 9.49. The van der Waals surface area contributed by atoms with E-state index in [4.69, 9.17) is 4.74 Å². The first-order valence-corrected chi connectivity index (χ1v) is 5.06. The molecule has 0 radical (unpaired) electrons. The van der Waals surface area contributed by atoms with Gasteiger partial charge in [-0.3, -0.25) is 0 Å². The van der Waals surface area contributed by atoms with Crippen LogP contribution in [-0.2, 0) is 4.74 Å². The molecule has 1 saturated heterocycles. The number of hydrogen-bond acceptors (Lipinski definition) is 3. The van der Waals surface area contributed by atoms with Crippen molar-refractivity contribution >= 4 is 0 Å². The summed E-state index contributed by atoms with van der Waals surface area (Å²) >= 11 is 0. The summed E-state index contributed by atoms with van der Waals surface area (Å²) < 4.78 is 5.47. The highest BCUT2D eigenvalue weighted by Gasteiger charge is 2.51. The van der Waals surface area contributed by atoms with Gasteiger partial charge in [-0.1, -0.05) is 13.8 Å². The fourth-order valence-corrected chi connectivity index (χ4v) is 1.97. The lowest BCUT2D eigenvalue weighted by Gasteiger charge is -2.39. The van der Waals surface area contributed by atoms with Crippen LogP contribution in [0.4, 0.5) is 0 Å². The minimum atomic E-state index is -0.200. The van der Waals surface area contributed by atoms with Crippen molar-refractivity contribution in [2.75, 3.05) is 19.8 Å². The lowest BCUT2D eigenvalue weighted by molar-refractivity contribution is 0.0852. The van der Waals surface area contributed by atoms with Gasteiger partial charge in [0.15, 0.2) is 0 Å². The second-order valence-electron chi connectivity index (χ2n) is 5.04. The number of aliphatic hydroxyl groups is 1. The molecule has 1 atom stereocenters. The summed E-state index contributed by atoms with van der Waals surface area (Å²) in [6.45, 7) is 5.88. The van der Waals surface area contributed by atoms with E-state index in [1.807, 2.05) is 0 Å². The topological polar surface area (TPSA) is 41.5 Å². The molecule has 0 aromatic rings.